The molecule has 1 aliphatic rings. The minimum atomic E-state index is -0.330. The summed E-state index contributed by atoms with van der Waals surface area (Å²) in [5, 5.41) is 13.4. The topological polar surface area (TPSA) is 95.1 Å². The smallest absolute Gasteiger partial charge is 0.252 e. The minimum absolute atomic E-state index is 0.122. The highest BCUT2D eigenvalue weighted by molar-refractivity contribution is 6.06. The predicted molar refractivity (Wildman–Crippen MR) is 97.7 cm³/mol. The number of hydrogen-bond acceptors (Lipinski definition) is 4. The van der Waals surface area contributed by atoms with Gasteiger partial charge in [0, 0.05) is 23.2 Å². The summed E-state index contributed by atoms with van der Waals surface area (Å²) in [5.74, 6) is -0.193. The quantitative estimate of drug-likeness (QED) is 0.673. The van der Waals surface area contributed by atoms with Gasteiger partial charge in [0.2, 0.25) is 5.56 Å². The Morgan fingerprint density at radius 3 is 2.69 bits per heavy atom. The first-order valence-electron chi connectivity index (χ1n) is 8.64. The normalized spacial score (nSPS) is 20.3. The van der Waals surface area contributed by atoms with Gasteiger partial charge in [-0.3, -0.25) is 14.6 Å². The van der Waals surface area contributed by atoms with E-state index in [9.17, 15) is 14.7 Å². The maximum atomic E-state index is 13.0. The molecule has 6 nitrogen and oxygen atoms in total. The summed E-state index contributed by atoms with van der Waals surface area (Å²) in [4.78, 5) is 32.0. The number of carbonyl (C=O) groups excluding carboxylic acids is 1. The lowest BCUT2D eigenvalue weighted by Gasteiger charge is -2.37. The second-order valence-corrected chi connectivity index (χ2v) is 6.68. The van der Waals surface area contributed by atoms with Crippen molar-refractivity contribution in [3.8, 4) is 0 Å². The average molecular weight is 349 g/mol. The van der Waals surface area contributed by atoms with Gasteiger partial charge in [0.05, 0.1) is 23.4 Å². The number of aromatic nitrogens is 2. The summed E-state index contributed by atoms with van der Waals surface area (Å²) < 4.78 is 0. The highest BCUT2D eigenvalue weighted by atomic mass is 16.3. The first kappa shape index (κ1) is 16.5. The number of nitrogens with one attached hydrogen (secondary N) is 2. The van der Waals surface area contributed by atoms with Crippen LogP contribution in [0.5, 0.6) is 0 Å². The van der Waals surface area contributed by atoms with Crippen LogP contribution in [-0.2, 0) is 0 Å². The molecule has 1 atom stereocenters. The van der Waals surface area contributed by atoms with Crippen molar-refractivity contribution in [1.29, 1.82) is 0 Å². The van der Waals surface area contributed by atoms with E-state index in [0.717, 1.165) is 5.69 Å². The number of aliphatic hydroxyl groups excluding tert-OH is 1. The Hall–Kier alpha value is -2.99. The zero-order valence-corrected chi connectivity index (χ0v) is 14.1. The molecular weight excluding hydrogens is 330 g/mol. The van der Waals surface area contributed by atoms with Gasteiger partial charge in [-0.1, -0.05) is 24.3 Å². The lowest BCUT2D eigenvalue weighted by molar-refractivity contribution is 0.0228. The monoisotopic (exact) mass is 349 g/mol. The largest absolute Gasteiger partial charge is 0.393 e. The van der Waals surface area contributed by atoms with E-state index in [0.29, 0.717) is 29.3 Å². The van der Waals surface area contributed by atoms with Crippen LogP contribution in [0.3, 0.4) is 0 Å². The van der Waals surface area contributed by atoms with Gasteiger partial charge in [0.15, 0.2) is 0 Å². The number of H-pyrrole nitrogens is 1. The second-order valence-electron chi connectivity index (χ2n) is 6.68. The first-order chi connectivity index (χ1) is 12.6. The van der Waals surface area contributed by atoms with Crippen molar-refractivity contribution in [3.63, 3.8) is 0 Å². The number of aromatic amines is 1. The van der Waals surface area contributed by atoms with E-state index in [2.05, 4.69) is 15.3 Å². The minimum Gasteiger partial charge on any atom is -0.393 e. The van der Waals surface area contributed by atoms with Crippen molar-refractivity contribution >= 4 is 16.8 Å². The fraction of sp³-hybridized carbons (Fsp3) is 0.250. The van der Waals surface area contributed by atoms with Gasteiger partial charge in [-0.15, -0.1) is 0 Å². The number of hydrogen-bond donors (Lipinski definition) is 3. The number of pyridine rings is 2. The SMILES string of the molecule is O=C(N[C@@H](c1ccccn1)C1CC(O)C1)c1cc(=O)[nH]c2ccccc12. The molecule has 6 heteroatoms. The molecule has 1 aromatic carbocycles. The molecule has 132 valence electrons. The van der Waals surface area contributed by atoms with Crippen LogP contribution in [0.25, 0.3) is 10.9 Å². The molecule has 1 aliphatic carbocycles. The molecule has 0 saturated heterocycles. The van der Waals surface area contributed by atoms with Crippen molar-refractivity contribution in [1.82, 2.24) is 15.3 Å². The third-order valence-corrected chi connectivity index (χ3v) is 4.91. The molecule has 0 spiro atoms. The second kappa shape index (κ2) is 6.72. The molecule has 4 rings (SSSR count). The molecule has 2 aromatic heterocycles. The van der Waals surface area contributed by atoms with Crippen LogP contribution in [0.15, 0.2) is 59.5 Å². The number of amides is 1. The number of fused-ring (bicyclic) bond motifs is 1. The third-order valence-electron chi connectivity index (χ3n) is 4.91. The molecule has 2 heterocycles. The van der Waals surface area contributed by atoms with Gasteiger partial charge in [0.1, 0.15) is 0 Å². The van der Waals surface area contributed by atoms with Crippen molar-refractivity contribution in [2.75, 3.05) is 0 Å². The zero-order chi connectivity index (χ0) is 18.1. The maximum absolute atomic E-state index is 13.0. The molecule has 3 N–H and O–H groups in total. The molecular formula is C20H19N3O3. The molecule has 0 aliphatic heterocycles. The summed E-state index contributed by atoms with van der Waals surface area (Å²) in [5.41, 5.74) is 1.40. The molecule has 0 bridgehead atoms. The fourth-order valence-electron chi connectivity index (χ4n) is 3.51. The van der Waals surface area contributed by atoms with Crippen LogP contribution >= 0.6 is 0 Å². The summed E-state index contributed by atoms with van der Waals surface area (Å²) in [7, 11) is 0. The first-order valence-corrected chi connectivity index (χ1v) is 8.64. The van der Waals surface area contributed by atoms with Crippen LogP contribution in [0.2, 0.25) is 0 Å². The molecule has 26 heavy (non-hydrogen) atoms. The average Bonchev–Trinajstić information content (AvgIpc) is 2.63. The molecule has 0 radical (unpaired) electrons. The Bertz CT molecular complexity index is 994. The van der Waals surface area contributed by atoms with E-state index < -0.39 is 0 Å². The van der Waals surface area contributed by atoms with Crippen LogP contribution in [0.4, 0.5) is 0 Å². The van der Waals surface area contributed by atoms with Gasteiger partial charge in [-0.2, -0.15) is 0 Å². The molecule has 1 amide bonds. The maximum Gasteiger partial charge on any atom is 0.252 e. The Morgan fingerprint density at radius 2 is 1.96 bits per heavy atom. The number of nitrogens with zero attached hydrogens (tertiary/aromatic N) is 1. The number of benzene rings is 1. The van der Waals surface area contributed by atoms with Crippen molar-refractivity contribution in [2.24, 2.45) is 5.92 Å². The third kappa shape index (κ3) is 3.11. The van der Waals surface area contributed by atoms with Gasteiger partial charge >= 0.3 is 0 Å². The molecule has 3 aromatic rings. The fourth-order valence-corrected chi connectivity index (χ4v) is 3.51. The van der Waals surface area contributed by atoms with E-state index in [1.807, 2.05) is 36.4 Å². The molecule has 0 unspecified atom stereocenters. The van der Waals surface area contributed by atoms with Gasteiger partial charge in [-0.05, 0) is 37.0 Å². The zero-order valence-electron chi connectivity index (χ0n) is 14.1. The van der Waals surface area contributed by atoms with Crippen molar-refractivity contribution in [3.05, 3.63) is 76.3 Å². The number of para-hydroxylation sites is 1. The lowest BCUT2D eigenvalue weighted by Crippen LogP contribution is -2.42. The van der Waals surface area contributed by atoms with Crippen molar-refractivity contribution in [2.45, 2.75) is 25.0 Å². The van der Waals surface area contributed by atoms with Crippen molar-refractivity contribution < 1.29 is 9.90 Å². The number of rotatable bonds is 4. The van der Waals surface area contributed by atoms with Gasteiger partial charge in [-0.25, -0.2) is 0 Å². The number of aliphatic hydroxyl groups is 1. The Labute approximate surface area is 149 Å². The summed E-state index contributed by atoms with van der Waals surface area (Å²) >= 11 is 0. The highest BCUT2D eigenvalue weighted by Crippen LogP contribution is 2.37. The summed E-state index contributed by atoms with van der Waals surface area (Å²) in [6, 6.07) is 13.8. The van der Waals surface area contributed by atoms with Crippen LogP contribution in [0, 0.1) is 5.92 Å². The van der Waals surface area contributed by atoms with E-state index >= 15 is 0 Å². The van der Waals surface area contributed by atoms with Crippen LogP contribution in [-0.4, -0.2) is 27.1 Å². The standard InChI is InChI=1S/C20H19N3O3/c24-13-9-12(10-13)19(17-7-3-4-8-21-17)23-20(26)15-11-18(25)22-16-6-2-1-5-14(15)16/h1-8,11-13,19,24H,9-10H2,(H,22,25)(H,23,26)/t12?,13?,19-/m1/s1. The Morgan fingerprint density at radius 1 is 1.19 bits per heavy atom. The van der Waals surface area contributed by atoms with Gasteiger partial charge in [0.25, 0.3) is 5.91 Å². The highest BCUT2D eigenvalue weighted by Gasteiger charge is 2.36. The van der Waals surface area contributed by atoms with E-state index in [1.54, 1.807) is 12.3 Å². The molecule has 1 saturated carbocycles. The Kier molecular flexibility index (Phi) is 4.26. The van der Waals surface area contributed by atoms with Crippen LogP contribution < -0.4 is 10.9 Å². The molecule has 1 fully saturated rings. The van der Waals surface area contributed by atoms with E-state index in [1.165, 1.54) is 6.07 Å². The summed E-state index contributed by atoms with van der Waals surface area (Å²) in [6.45, 7) is 0. The van der Waals surface area contributed by atoms with Crippen LogP contribution in [0.1, 0.15) is 34.9 Å². The van der Waals surface area contributed by atoms with Gasteiger partial charge < -0.3 is 15.4 Å². The summed E-state index contributed by atoms with van der Waals surface area (Å²) in [6.07, 6.45) is 2.60. The number of carbonyl (C=O) groups is 1. The predicted octanol–water partition coefficient (Wildman–Crippen LogP) is 2.17. The lowest BCUT2D eigenvalue weighted by atomic mass is 9.76. The Balaban J connectivity index is 1.68. The van der Waals surface area contributed by atoms with E-state index in [4.69, 9.17) is 0 Å². The van der Waals surface area contributed by atoms with E-state index in [-0.39, 0.29) is 29.5 Å².